The van der Waals surface area contributed by atoms with Crippen molar-refractivity contribution in [2.24, 2.45) is 0 Å². The van der Waals surface area contributed by atoms with E-state index in [4.69, 9.17) is 0 Å². The summed E-state index contributed by atoms with van der Waals surface area (Å²) >= 11 is 4.05. The highest BCUT2D eigenvalue weighted by atomic mass is 32.1. The number of aromatic nitrogens is 1. The Morgan fingerprint density at radius 2 is 2.00 bits per heavy atom. The van der Waals surface area contributed by atoms with Crippen molar-refractivity contribution in [3.63, 3.8) is 0 Å². The first-order valence-corrected chi connectivity index (χ1v) is 4.62. The van der Waals surface area contributed by atoms with E-state index in [1.807, 2.05) is 6.07 Å². The third-order valence-corrected chi connectivity index (χ3v) is 2.17. The molecule has 0 saturated heterocycles. The number of rotatable bonds is 1. The van der Waals surface area contributed by atoms with Crippen LogP contribution in [0.1, 0.15) is 0 Å². The van der Waals surface area contributed by atoms with Gasteiger partial charge in [0.05, 0.1) is 5.69 Å². The zero-order valence-electron chi connectivity index (χ0n) is 7.31. The molecule has 0 atom stereocenters. The van der Waals surface area contributed by atoms with E-state index in [0.717, 1.165) is 0 Å². The Labute approximate surface area is 87.0 Å². The number of benzene rings is 1. The quantitative estimate of drug-likeness (QED) is 0.705. The van der Waals surface area contributed by atoms with Gasteiger partial charge >= 0.3 is 0 Å². The fraction of sp³-hybridized carbons (Fsp3) is 0. The number of halogens is 1. The third kappa shape index (κ3) is 1.77. The molecule has 0 radical (unpaired) electrons. The van der Waals surface area contributed by atoms with Crippen molar-refractivity contribution in [2.75, 3.05) is 0 Å². The summed E-state index contributed by atoms with van der Waals surface area (Å²) in [5, 5.41) is 0. The van der Waals surface area contributed by atoms with Crippen LogP contribution in [0.2, 0.25) is 0 Å². The van der Waals surface area contributed by atoms with Crippen LogP contribution in [0.4, 0.5) is 4.39 Å². The van der Waals surface area contributed by atoms with Gasteiger partial charge in [0.1, 0.15) is 5.82 Å². The number of nitrogens with zero attached hydrogens (tertiary/aromatic N) is 1. The van der Waals surface area contributed by atoms with Crippen molar-refractivity contribution >= 4 is 12.6 Å². The van der Waals surface area contributed by atoms with Gasteiger partial charge in [-0.3, -0.25) is 4.98 Å². The van der Waals surface area contributed by atoms with E-state index in [1.165, 1.54) is 6.07 Å². The smallest absolute Gasteiger partial charge is 0.133 e. The molecule has 0 aliphatic heterocycles. The highest BCUT2D eigenvalue weighted by Crippen LogP contribution is 2.22. The van der Waals surface area contributed by atoms with Crippen molar-refractivity contribution in [3.05, 3.63) is 48.4 Å². The molecule has 1 aromatic heterocycles. The molecule has 1 heterocycles. The second-order valence-electron chi connectivity index (χ2n) is 2.88. The number of thiol groups is 1. The van der Waals surface area contributed by atoms with Crippen molar-refractivity contribution in [2.45, 2.75) is 4.90 Å². The molecular weight excluding hydrogens is 197 g/mol. The Morgan fingerprint density at radius 3 is 2.64 bits per heavy atom. The predicted molar refractivity (Wildman–Crippen MR) is 56.9 cm³/mol. The minimum Gasteiger partial charge on any atom is -0.256 e. The molecule has 0 amide bonds. The number of hydrogen-bond acceptors (Lipinski definition) is 2. The molecule has 0 saturated carbocycles. The number of pyridine rings is 1. The fourth-order valence-corrected chi connectivity index (χ4v) is 1.42. The van der Waals surface area contributed by atoms with Gasteiger partial charge in [0.25, 0.3) is 0 Å². The lowest BCUT2D eigenvalue weighted by Crippen LogP contribution is -1.86. The van der Waals surface area contributed by atoms with Crippen LogP contribution >= 0.6 is 12.6 Å². The van der Waals surface area contributed by atoms with Gasteiger partial charge in [-0.05, 0) is 30.3 Å². The van der Waals surface area contributed by atoms with E-state index in [2.05, 4.69) is 17.6 Å². The summed E-state index contributed by atoms with van der Waals surface area (Å²) in [5.41, 5.74) is 1.14. The Hall–Kier alpha value is -1.35. The molecule has 70 valence electrons. The Bertz CT molecular complexity index is 442. The topological polar surface area (TPSA) is 12.9 Å². The molecule has 3 heteroatoms. The highest BCUT2D eigenvalue weighted by Gasteiger charge is 2.04. The normalized spacial score (nSPS) is 10.1. The molecule has 0 bridgehead atoms. The molecule has 0 N–H and O–H groups in total. The largest absolute Gasteiger partial charge is 0.256 e. The standard InChI is InChI=1S/C11H8FNS/c12-10-7-8(14)4-5-9(10)11-3-1-2-6-13-11/h1-7,14H. The SMILES string of the molecule is Fc1cc(S)ccc1-c1ccccn1. The molecule has 2 aromatic rings. The van der Waals surface area contributed by atoms with Crippen LogP contribution in [0.5, 0.6) is 0 Å². The first kappa shape index (κ1) is 9.21. The number of hydrogen-bond donors (Lipinski definition) is 1. The van der Waals surface area contributed by atoms with E-state index < -0.39 is 0 Å². The zero-order valence-corrected chi connectivity index (χ0v) is 8.21. The molecule has 0 spiro atoms. The minimum atomic E-state index is -0.295. The second kappa shape index (κ2) is 3.80. The summed E-state index contributed by atoms with van der Waals surface area (Å²) < 4.78 is 13.4. The lowest BCUT2D eigenvalue weighted by Gasteiger charge is -2.02. The molecule has 1 aromatic carbocycles. The van der Waals surface area contributed by atoms with E-state index in [-0.39, 0.29) is 5.82 Å². The molecule has 0 aliphatic carbocycles. The fourth-order valence-electron chi connectivity index (χ4n) is 1.23. The summed E-state index contributed by atoms with van der Waals surface area (Å²) in [4.78, 5) is 4.69. The van der Waals surface area contributed by atoms with Crippen LogP contribution in [-0.2, 0) is 0 Å². The Balaban J connectivity index is 2.53. The van der Waals surface area contributed by atoms with Crippen LogP contribution in [-0.4, -0.2) is 4.98 Å². The van der Waals surface area contributed by atoms with E-state index in [0.29, 0.717) is 16.2 Å². The van der Waals surface area contributed by atoms with Crippen LogP contribution in [0.15, 0.2) is 47.5 Å². The molecule has 0 unspecified atom stereocenters. The second-order valence-corrected chi connectivity index (χ2v) is 3.40. The van der Waals surface area contributed by atoms with E-state index in [9.17, 15) is 4.39 Å². The van der Waals surface area contributed by atoms with Crippen molar-refractivity contribution in [3.8, 4) is 11.3 Å². The molecule has 2 rings (SSSR count). The van der Waals surface area contributed by atoms with Gasteiger partial charge in [0.2, 0.25) is 0 Å². The summed E-state index contributed by atoms with van der Waals surface area (Å²) in [6.45, 7) is 0. The van der Waals surface area contributed by atoms with E-state index >= 15 is 0 Å². The molecule has 0 aliphatic rings. The lowest BCUT2D eigenvalue weighted by molar-refractivity contribution is 0.627. The maximum atomic E-state index is 13.4. The van der Waals surface area contributed by atoms with Gasteiger partial charge < -0.3 is 0 Å². The predicted octanol–water partition coefficient (Wildman–Crippen LogP) is 3.18. The van der Waals surface area contributed by atoms with Gasteiger partial charge in [0, 0.05) is 16.7 Å². The molecule has 1 nitrogen and oxygen atoms in total. The third-order valence-electron chi connectivity index (χ3n) is 1.89. The van der Waals surface area contributed by atoms with Gasteiger partial charge in [-0.1, -0.05) is 6.07 Å². The summed E-state index contributed by atoms with van der Waals surface area (Å²) in [5.74, 6) is -0.295. The van der Waals surface area contributed by atoms with Crippen LogP contribution in [0, 0.1) is 5.82 Å². The Kier molecular flexibility index (Phi) is 2.50. The van der Waals surface area contributed by atoms with Crippen LogP contribution in [0.25, 0.3) is 11.3 Å². The van der Waals surface area contributed by atoms with Gasteiger partial charge in [-0.25, -0.2) is 4.39 Å². The minimum absolute atomic E-state index is 0.295. The van der Waals surface area contributed by atoms with Crippen LogP contribution in [0.3, 0.4) is 0 Å². The van der Waals surface area contributed by atoms with E-state index in [1.54, 1.807) is 30.5 Å². The van der Waals surface area contributed by atoms with Gasteiger partial charge in [0.15, 0.2) is 0 Å². The van der Waals surface area contributed by atoms with Gasteiger partial charge in [-0.2, -0.15) is 0 Å². The first-order valence-electron chi connectivity index (χ1n) is 4.17. The van der Waals surface area contributed by atoms with Crippen molar-refractivity contribution in [1.29, 1.82) is 0 Å². The van der Waals surface area contributed by atoms with Crippen molar-refractivity contribution in [1.82, 2.24) is 4.98 Å². The lowest BCUT2D eigenvalue weighted by atomic mass is 10.1. The zero-order chi connectivity index (χ0) is 9.97. The maximum Gasteiger partial charge on any atom is 0.133 e. The average molecular weight is 205 g/mol. The van der Waals surface area contributed by atoms with Gasteiger partial charge in [-0.15, -0.1) is 12.6 Å². The molecular formula is C11H8FNS. The molecule has 14 heavy (non-hydrogen) atoms. The molecule has 0 fully saturated rings. The highest BCUT2D eigenvalue weighted by molar-refractivity contribution is 7.80. The first-order chi connectivity index (χ1) is 6.77. The van der Waals surface area contributed by atoms with Crippen molar-refractivity contribution < 1.29 is 4.39 Å². The Morgan fingerprint density at radius 1 is 1.14 bits per heavy atom. The summed E-state index contributed by atoms with van der Waals surface area (Å²) in [6, 6.07) is 10.2. The summed E-state index contributed by atoms with van der Waals surface area (Å²) in [6.07, 6.45) is 1.64. The average Bonchev–Trinajstić information content (AvgIpc) is 2.19. The monoisotopic (exact) mass is 205 g/mol. The van der Waals surface area contributed by atoms with Crippen LogP contribution < -0.4 is 0 Å². The summed E-state index contributed by atoms with van der Waals surface area (Å²) in [7, 11) is 0. The maximum absolute atomic E-state index is 13.4.